The summed E-state index contributed by atoms with van der Waals surface area (Å²) in [4.78, 5) is 0.317. The molecule has 0 saturated heterocycles. The lowest BCUT2D eigenvalue weighted by atomic mass is 9.87. The van der Waals surface area contributed by atoms with Crippen LogP contribution in [0.1, 0.15) is 33.3 Å². The van der Waals surface area contributed by atoms with Gasteiger partial charge < -0.3 is 5.32 Å². The number of benzene rings is 1. The summed E-state index contributed by atoms with van der Waals surface area (Å²) < 4.78 is 26.6. The fourth-order valence-electron chi connectivity index (χ4n) is 1.67. The van der Waals surface area contributed by atoms with E-state index in [4.69, 9.17) is 0 Å². The van der Waals surface area contributed by atoms with Gasteiger partial charge in [-0.25, -0.2) is 13.1 Å². The van der Waals surface area contributed by atoms with Gasteiger partial charge in [0.1, 0.15) is 0 Å². The SMILES string of the molecule is CCNCCNS(=O)(=O)c1ccc(C(C)(C)C)cc1. The van der Waals surface area contributed by atoms with E-state index in [0.717, 1.165) is 12.1 Å². The zero-order chi connectivity index (χ0) is 14.5. The number of rotatable bonds is 6. The fraction of sp³-hybridized carbons (Fsp3) is 0.571. The van der Waals surface area contributed by atoms with Gasteiger partial charge in [-0.05, 0) is 29.7 Å². The van der Waals surface area contributed by atoms with Crippen molar-refractivity contribution in [1.82, 2.24) is 10.0 Å². The van der Waals surface area contributed by atoms with Crippen LogP contribution < -0.4 is 10.0 Å². The smallest absolute Gasteiger partial charge is 0.240 e. The molecule has 0 heterocycles. The van der Waals surface area contributed by atoms with E-state index in [-0.39, 0.29) is 5.41 Å². The highest BCUT2D eigenvalue weighted by molar-refractivity contribution is 7.89. The summed E-state index contributed by atoms with van der Waals surface area (Å²) in [5.74, 6) is 0. The van der Waals surface area contributed by atoms with Crippen molar-refractivity contribution in [3.05, 3.63) is 29.8 Å². The van der Waals surface area contributed by atoms with Crippen LogP contribution in [0, 0.1) is 0 Å². The van der Waals surface area contributed by atoms with Crippen molar-refractivity contribution in [2.45, 2.75) is 38.0 Å². The third-order valence-electron chi connectivity index (χ3n) is 2.87. The van der Waals surface area contributed by atoms with Gasteiger partial charge in [-0.2, -0.15) is 0 Å². The summed E-state index contributed by atoms with van der Waals surface area (Å²) in [6, 6.07) is 7.07. The summed E-state index contributed by atoms with van der Waals surface area (Å²) in [7, 11) is -3.39. The lowest BCUT2D eigenvalue weighted by Gasteiger charge is -2.19. The quantitative estimate of drug-likeness (QED) is 0.784. The van der Waals surface area contributed by atoms with E-state index in [2.05, 4.69) is 30.8 Å². The highest BCUT2D eigenvalue weighted by Crippen LogP contribution is 2.23. The lowest BCUT2D eigenvalue weighted by molar-refractivity contribution is 0.575. The molecule has 0 saturated carbocycles. The molecule has 2 N–H and O–H groups in total. The zero-order valence-corrected chi connectivity index (χ0v) is 13.0. The zero-order valence-electron chi connectivity index (χ0n) is 12.2. The first-order valence-electron chi connectivity index (χ1n) is 6.58. The van der Waals surface area contributed by atoms with Gasteiger partial charge in [0.25, 0.3) is 0 Å². The highest BCUT2D eigenvalue weighted by atomic mass is 32.2. The van der Waals surface area contributed by atoms with Gasteiger partial charge in [-0.15, -0.1) is 0 Å². The number of nitrogens with one attached hydrogen (secondary N) is 2. The first-order chi connectivity index (χ1) is 8.77. The predicted molar refractivity (Wildman–Crippen MR) is 78.9 cm³/mol. The highest BCUT2D eigenvalue weighted by Gasteiger charge is 2.16. The molecule has 1 aromatic rings. The second-order valence-corrected chi connectivity index (χ2v) is 7.29. The van der Waals surface area contributed by atoms with Crippen molar-refractivity contribution in [3.8, 4) is 0 Å². The van der Waals surface area contributed by atoms with Crippen molar-refractivity contribution >= 4 is 10.0 Å². The minimum atomic E-state index is -3.39. The minimum absolute atomic E-state index is 0.0285. The maximum Gasteiger partial charge on any atom is 0.240 e. The van der Waals surface area contributed by atoms with Crippen LogP contribution in [-0.4, -0.2) is 28.1 Å². The van der Waals surface area contributed by atoms with Crippen LogP contribution in [0.3, 0.4) is 0 Å². The van der Waals surface area contributed by atoms with E-state index >= 15 is 0 Å². The Morgan fingerprint density at radius 3 is 2.11 bits per heavy atom. The first-order valence-corrected chi connectivity index (χ1v) is 8.06. The largest absolute Gasteiger partial charge is 0.316 e. The van der Waals surface area contributed by atoms with Crippen LogP contribution in [-0.2, 0) is 15.4 Å². The van der Waals surface area contributed by atoms with Crippen molar-refractivity contribution in [2.24, 2.45) is 0 Å². The molecule has 0 aliphatic carbocycles. The maximum atomic E-state index is 12.0. The number of hydrogen-bond acceptors (Lipinski definition) is 3. The topological polar surface area (TPSA) is 58.2 Å². The van der Waals surface area contributed by atoms with E-state index in [1.807, 2.05) is 19.1 Å². The third kappa shape index (κ3) is 4.93. The maximum absolute atomic E-state index is 12.0. The van der Waals surface area contributed by atoms with Crippen LogP contribution in [0.15, 0.2) is 29.2 Å². The Morgan fingerprint density at radius 1 is 1.05 bits per heavy atom. The van der Waals surface area contributed by atoms with E-state index in [0.29, 0.717) is 18.0 Å². The molecule has 0 amide bonds. The standard InChI is InChI=1S/C14H24N2O2S/c1-5-15-10-11-16-19(17,18)13-8-6-12(7-9-13)14(2,3)4/h6-9,15-16H,5,10-11H2,1-4H3. The van der Waals surface area contributed by atoms with E-state index < -0.39 is 10.0 Å². The van der Waals surface area contributed by atoms with Gasteiger partial charge in [0.2, 0.25) is 10.0 Å². The van der Waals surface area contributed by atoms with Crippen molar-refractivity contribution in [1.29, 1.82) is 0 Å². The Bertz CT molecular complexity index is 487. The Labute approximate surface area is 116 Å². The summed E-state index contributed by atoms with van der Waals surface area (Å²) in [6.45, 7) is 10.2. The lowest BCUT2D eigenvalue weighted by Crippen LogP contribution is -2.31. The number of sulfonamides is 1. The number of hydrogen-bond donors (Lipinski definition) is 2. The minimum Gasteiger partial charge on any atom is -0.316 e. The second kappa shape index (κ2) is 6.50. The third-order valence-corrected chi connectivity index (χ3v) is 4.35. The first kappa shape index (κ1) is 16.1. The summed E-state index contributed by atoms with van der Waals surface area (Å²) in [6.07, 6.45) is 0. The molecule has 0 spiro atoms. The Kier molecular flexibility index (Phi) is 5.52. The molecule has 4 nitrogen and oxygen atoms in total. The molecule has 1 rings (SSSR count). The molecular formula is C14H24N2O2S. The van der Waals surface area contributed by atoms with Gasteiger partial charge in [0.15, 0.2) is 0 Å². The Hall–Kier alpha value is -0.910. The van der Waals surface area contributed by atoms with Crippen LogP contribution in [0.25, 0.3) is 0 Å². The molecule has 5 heteroatoms. The molecule has 1 aromatic carbocycles. The van der Waals surface area contributed by atoms with Gasteiger partial charge in [-0.1, -0.05) is 39.8 Å². The van der Waals surface area contributed by atoms with Crippen LogP contribution in [0.5, 0.6) is 0 Å². The van der Waals surface area contributed by atoms with E-state index in [1.54, 1.807) is 12.1 Å². The molecular weight excluding hydrogens is 260 g/mol. The van der Waals surface area contributed by atoms with Gasteiger partial charge >= 0.3 is 0 Å². The average molecular weight is 284 g/mol. The molecule has 19 heavy (non-hydrogen) atoms. The monoisotopic (exact) mass is 284 g/mol. The summed E-state index contributed by atoms with van der Waals surface area (Å²) in [5.41, 5.74) is 1.15. The van der Waals surface area contributed by atoms with E-state index in [9.17, 15) is 8.42 Å². The average Bonchev–Trinajstić information content (AvgIpc) is 2.34. The van der Waals surface area contributed by atoms with Crippen LogP contribution in [0.4, 0.5) is 0 Å². The normalized spacial score (nSPS) is 12.6. The molecule has 0 aromatic heterocycles. The van der Waals surface area contributed by atoms with Gasteiger partial charge in [-0.3, -0.25) is 0 Å². The fourth-order valence-corrected chi connectivity index (χ4v) is 2.70. The molecule has 108 valence electrons. The van der Waals surface area contributed by atoms with E-state index in [1.165, 1.54) is 0 Å². The molecule has 0 radical (unpaired) electrons. The molecule has 0 fully saturated rings. The van der Waals surface area contributed by atoms with Crippen molar-refractivity contribution < 1.29 is 8.42 Å². The van der Waals surface area contributed by atoms with Crippen molar-refractivity contribution in [2.75, 3.05) is 19.6 Å². The second-order valence-electron chi connectivity index (χ2n) is 5.53. The molecule has 0 aliphatic heterocycles. The number of likely N-dealkylation sites (N-methyl/N-ethyl adjacent to an activating group) is 1. The Morgan fingerprint density at radius 2 is 1.63 bits per heavy atom. The van der Waals surface area contributed by atoms with Crippen LogP contribution >= 0.6 is 0 Å². The Balaban J connectivity index is 2.74. The predicted octanol–water partition coefficient (Wildman–Crippen LogP) is 1.87. The summed E-state index contributed by atoms with van der Waals surface area (Å²) >= 11 is 0. The molecule has 0 aliphatic rings. The molecule has 0 atom stereocenters. The van der Waals surface area contributed by atoms with Crippen LogP contribution in [0.2, 0.25) is 0 Å². The molecule has 0 bridgehead atoms. The molecule has 0 unspecified atom stereocenters. The summed E-state index contributed by atoms with van der Waals surface area (Å²) in [5, 5.41) is 3.07. The van der Waals surface area contributed by atoms with Crippen molar-refractivity contribution in [3.63, 3.8) is 0 Å². The van der Waals surface area contributed by atoms with Gasteiger partial charge in [0.05, 0.1) is 4.90 Å². The van der Waals surface area contributed by atoms with Gasteiger partial charge in [0, 0.05) is 13.1 Å².